The van der Waals surface area contributed by atoms with E-state index >= 15 is 0 Å². The van der Waals surface area contributed by atoms with Crippen molar-refractivity contribution in [2.24, 2.45) is 27.9 Å². The van der Waals surface area contributed by atoms with Crippen LogP contribution in [0.4, 0.5) is 0 Å². The predicted octanol–water partition coefficient (Wildman–Crippen LogP) is -3.84. The van der Waals surface area contributed by atoms with Crippen molar-refractivity contribution in [3.8, 4) is 0 Å². The zero-order valence-electron chi connectivity index (χ0n) is 19.9. The summed E-state index contributed by atoms with van der Waals surface area (Å²) in [6.07, 6.45) is 3.03. The van der Waals surface area contributed by atoms with Gasteiger partial charge in [-0.05, 0) is 26.2 Å². The van der Waals surface area contributed by atoms with Crippen LogP contribution in [0.2, 0.25) is 0 Å². The summed E-state index contributed by atoms with van der Waals surface area (Å²) in [7, 11) is 0. The maximum absolute atomic E-state index is 12.9. The minimum atomic E-state index is -1.27. The summed E-state index contributed by atoms with van der Waals surface area (Å²) in [4.78, 5) is 70.6. The number of carboxylic acid groups (broad SMARTS) is 1. The molecule has 16 heteroatoms. The van der Waals surface area contributed by atoms with Crippen LogP contribution in [0.1, 0.15) is 38.3 Å². The second-order valence-corrected chi connectivity index (χ2v) is 8.03. The molecule has 0 saturated carbocycles. The fraction of sp³-hybridized carbons (Fsp3) is 0.550. The third-order valence-corrected chi connectivity index (χ3v) is 4.96. The van der Waals surface area contributed by atoms with Crippen LogP contribution in [-0.2, 0) is 30.4 Å². The number of hydrogen-bond donors (Lipinski definition) is 9. The number of primary amides is 1. The number of carbonyl (C=O) groups excluding carboxylic acids is 4. The molecular weight excluding hydrogens is 476 g/mol. The number of aromatic amines is 1. The number of nitrogens with zero attached hydrogens (tertiary/aromatic N) is 2. The Morgan fingerprint density at radius 3 is 2.25 bits per heavy atom. The molecule has 36 heavy (non-hydrogen) atoms. The Balaban J connectivity index is 2.80. The number of carboxylic acids is 1. The monoisotopic (exact) mass is 510 g/mol. The molecule has 1 aromatic rings. The van der Waals surface area contributed by atoms with Crippen LogP contribution >= 0.6 is 0 Å². The third kappa shape index (κ3) is 11.3. The molecule has 0 spiro atoms. The van der Waals surface area contributed by atoms with E-state index < -0.39 is 53.8 Å². The second kappa shape index (κ2) is 14.9. The van der Waals surface area contributed by atoms with Gasteiger partial charge in [0.15, 0.2) is 5.96 Å². The number of H-pyrrole nitrogens is 1. The van der Waals surface area contributed by atoms with E-state index in [1.807, 2.05) is 0 Å². The van der Waals surface area contributed by atoms with Crippen molar-refractivity contribution in [2.75, 3.05) is 6.54 Å². The normalized spacial score (nSPS) is 13.9. The molecule has 1 heterocycles. The molecule has 0 bridgehead atoms. The molecule has 0 saturated heterocycles. The van der Waals surface area contributed by atoms with Crippen molar-refractivity contribution < 1.29 is 29.1 Å². The van der Waals surface area contributed by atoms with E-state index in [-0.39, 0.29) is 38.2 Å². The fourth-order valence-electron chi connectivity index (χ4n) is 2.97. The Morgan fingerprint density at radius 1 is 1.03 bits per heavy atom. The van der Waals surface area contributed by atoms with Crippen LogP contribution in [0.3, 0.4) is 0 Å². The highest BCUT2D eigenvalue weighted by atomic mass is 16.4. The number of amides is 4. The van der Waals surface area contributed by atoms with Crippen LogP contribution in [0, 0.1) is 0 Å². The molecule has 13 N–H and O–H groups in total. The van der Waals surface area contributed by atoms with Gasteiger partial charge in [0.05, 0.1) is 12.4 Å². The minimum Gasteiger partial charge on any atom is -0.480 e. The summed E-state index contributed by atoms with van der Waals surface area (Å²) in [6, 6.07) is -4.61. The summed E-state index contributed by atoms with van der Waals surface area (Å²) in [5, 5.41) is 16.7. The lowest BCUT2D eigenvalue weighted by Gasteiger charge is -2.23. The average molecular weight is 511 g/mol. The Kier molecular flexibility index (Phi) is 12.4. The first-order chi connectivity index (χ1) is 16.9. The number of imidazole rings is 1. The number of carbonyl (C=O) groups is 5. The van der Waals surface area contributed by atoms with Gasteiger partial charge in [-0.2, -0.15) is 0 Å². The van der Waals surface area contributed by atoms with Gasteiger partial charge in [-0.1, -0.05) is 0 Å². The standard InChI is InChI=1S/C20H34N10O6/c1-10(16(32)30-14(19(35)36)7-11-8-25-9-27-11)28-18(34)13(3-2-6-26-20(23)24)29-17(33)12(21)4-5-15(22)31/h8-10,12-14H,2-7,21H2,1H3,(H2,22,31)(H,25,27)(H,28,34)(H,29,33)(H,30,32)(H,35,36)(H4,23,24,26). The number of nitrogens with two attached hydrogens (primary N) is 4. The summed E-state index contributed by atoms with van der Waals surface area (Å²) in [5.41, 5.74) is 21.9. The third-order valence-electron chi connectivity index (χ3n) is 4.96. The Hall–Kier alpha value is -4.21. The van der Waals surface area contributed by atoms with Crippen molar-refractivity contribution >= 4 is 35.6 Å². The van der Waals surface area contributed by atoms with E-state index in [0.29, 0.717) is 12.1 Å². The van der Waals surface area contributed by atoms with Crippen molar-refractivity contribution in [3.63, 3.8) is 0 Å². The van der Waals surface area contributed by atoms with Gasteiger partial charge in [0.1, 0.15) is 18.1 Å². The van der Waals surface area contributed by atoms with Crippen molar-refractivity contribution in [3.05, 3.63) is 18.2 Å². The number of aliphatic carboxylic acids is 1. The lowest BCUT2D eigenvalue weighted by Crippen LogP contribution is -2.56. The maximum Gasteiger partial charge on any atom is 0.326 e. The largest absolute Gasteiger partial charge is 0.480 e. The summed E-state index contributed by atoms with van der Waals surface area (Å²) < 4.78 is 0. The van der Waals surface area contributed by atoms with Crippen LogP contribution in [0.15, 0.2) is 17.5 Å². The Morgan fingerprint density at radius 2 is 1.69 bits per heavy atom. The van der Waals surface area contributed by atoms with Gasteiger partial charge in [0.25, 0.3) is 0 Å². The maximum atomic E-state index is 12.9. The molecule has 200 valence electrons. The van der Waals surface area contributed by atoms with E-state index in [0.717, 1.165) is 0 Å². The lowest BCUT2D eigenvalue weighted by atomic mass is 10.1. The van der Waals surface area contributed by atoms with Crippen LogP contribution in [-0.4, -0.2) is 81.3 Å². The van der Waals surface area contributed by atoms with Gasteiger partial charge in [0.2, 0.25) is 23.6 Å². The van der Waals surface area contributed by atoms with Gasteiger partial charge >= 0.3 is 5.97 Å². The molecular formula is C20H34N10O6. The number of aliphatic imine (C=N–C) groups is 1. The molecule has 4 atom stereocenters. The smallest absolute Gasteiger partial charge is 0.326 e. The summed E-state index contributed by atoms with van der Waals surface area (Å²) in [6.45, 7) is 1.54. The van der Waals surface area contributed by atoms with Gasteiger partial charge in [0, 0.05) is 31.3 Å². The first-order valence-electron chi connectivity index (χ1n) is 11.1. The molecule has 0 aliphatic heterocycles. The van der Waals surface area contributed by atoms with Crippen molar-refractivity contribution in [1.29, 1.82) is 0 Å². The van der Waals surface area contributed by atoms with Gasteiger partial charge in [-0.25, -0.2) is 9.78 Å². The van der Waals surface area contributed by atoms with Crippen molar-refractivity contribution in [2.45, 2.75) is 63.2 Å². The Labute approximate surface area is 207 Å². The molecule has 1 rings (SSSR count). The van der Waals surface area contributed by atoms with Crippen molar-refractivity contribution in [1.82, 2.24) is 25.9 Å². The number of hydrogen-bond acceptors (Lipinski definition) is 8. The molecule has 0 aliphatic carbocycles. The zero-order valence-corrected chi connectivity index (χ0v) is 19.9. The van der Waals surface area contributed by atoms with Gasteiger partial charge in [-0.15, -0.1) is 0 Å². The quantitative estimate of drug-likeness (QED) is 0.0592. The minimum absolute atomic E-state index is 0.0186. The molecule has 4 amide bonds. The van der Waals surface area contributed by atoms with E-state index in [1.54, 1.807) is 0 Å². The average Bonchev–Trinajstić information content (AvgIpc) is 3.31. The van der Waals surface area contributed by atoms with E-state index in [1.165, 1.54) is 19.4 Å². The number of rotatable bonds is 16. The Bertz CT molecular complexity index is 931. The number of nitrogens with one attached hydrogen (secondary N) is 4. The van der Waals surface area contributed by atoms with Crippen LogP contribution < -0.4 is 38.9 Å². The van der Waals surface area contributed by atoms with E-state index in [4.69, 9.17) is 22.9 Å². The number of guanidine groups is 1. The fourth-order valence-corrected chi connectivity index (χ4v) is 2.97. The summed E-state index contributed by atoms with van der Waals surface area (Å²) in [5.74, 6) is -4.19. The first kappa shape index (κ1) is 29.8. The lowest BCUT2D eigenvalue weighted by molar-refractivity contribution is -0.142. The molecule has 0 aliphatic rings. The van der Waals surface area contributed by atoms with E-state index in [9.17, 15) is 29.1 Å². The molecule has 1 aromatic heterocycles. The predicted molar refractivity (Wildman–Crippen MR) is 128 cm³/mol. The zero-order chi connectivity index (χ0) is 27.3. The molecule has 16 nitrogen and oxygen atoms in total. The summed E-state index contributed by atoms with van der Waals surface area (Å²) >= 11 is 0. The second-order valence-electron chi connectivity index (χ2n) is 8.03. The van der Waals surface area contributed by atoms with Crippen LogP contribution in [0.25, 0.3) is 0 Å². The van der Waals surface area contributed by atoms with Gasteiger partial charge < -0.3 is 49.0 Å². The van der Waals surface area contributed by atoms with Crippen LogP contribution in [0.5, 0.6) is 0 Å². The van der Waals surface area contributed by atoms with Gasteiger partial charge in [-0.3, -0.25) is 24.2 Å². The number of aromatic nitrogens is 2. The SMILES string of the molecule is CC(NC(=O)C(CCCN=C(N)N)NC(=O)C(N)CCC(N)=O)C(=O)NC(Cc1cnc[nH]1)C(=O)O. The highest BCUT2D eigenvalue weighted by molar-refractivity contribution is 5.94. The topological polar surface area (TPSA) is 287 Å². The highest BCUT2D eigenvalue weighted by Gasteiger charge is 2.28. The first-order valence-corrected chi connectivity index (χ1v) is 11.1. The van der Waals surface area contributed by atoms with E-state index in [2.05, 4.69) is 30.9 Å². The highest BCUT2D eigenvalue weighted by Crippen LogP contribution is 2.03. The molecule has 0 fully saturated rings. The molecule has 4 unspecified atom stereocenters. The molecule has 0 aromatic carbocycles. The molecule has 0 radical (unpaired) electrons.